The van der Waals surface area contributed by atoms with Gasteiger partial charge in [0.15, 0.2) is 0 Å². The van der Waals surface area contributed by atoms with Crippen LogP contribution in [0.2, 0.25) is 0 Å². The molecule has 1 aromatic carbocycles. The molecule has 1 aromatic rings. The van der Waals surface area contributed by atoms with E-state index in [1.165, 1.54) is 35.1 Å². The van der Waals surface area contributed by atoms with Crippen LogP contribution in [-0.4, -0.2) is 37.8 Å². The number of nitrogens with two attached hydrogens (primary N) is 1. The van der Waals surface area contributed by atoms with E-state index in [0.717, 1.165) is 25.4 Å². The zero-order valence-electron chi connectivity index (χ0n) is 14.9. The number of nitrogens with zero attached hydrogens (tertiary/aromatic N) is 1. The summed E-state index contributed by atoms with van der Waals surface area (Å²) in [6.07, 6.45) is 2.72. The van der Waals surface area contributed by atoms with E-state index in [4.69, 9.17) is 15.2 Å². The molecule has 0 saturated carbocycles. The number of rotatable bonds is 5. The summed E-state index contributed by atoms with van der Waals surface area (Å²) in [5, 5.41) is 0. The average Bonchev–Trinajstić information content (AvgIpc) is 3.14. The molecule has 2 aliphatic heterocycles. The Bertz CT molecular complexity index is 565. The van der Waals surface area contributed by atoms with Gasteiger partial charge < -0.3 is 15.2 Å². The first-order chi connectivity index (χ1) is 11.1. The van der Waals surface area contributed by atoms with Crippen molar-refractivity contribution in [3.63, 3.8) is 0 Å². The lowest BCUT2D eigenvalue weighted by atomic mass is 9.88. The van der Waals surface area contributed by atoms with Gasteiger partial charge in [-0.1, -0.05) is 13.8 Å². The van der Waals surface area contributed by atoms with Crippen molar-refractivity contribution in [1.82, 2.24) is 4.90 Å². The molecule has 2 aliphatic rings. The van der Waals surface area contributed by atoms with Gasteiger partial charge in [0.25, 0.3) is 0 Å². The van der Waals surface area contributed by atoms with Crippen LogP contribution in [0, 0.1) is 6.92 Å². The lowest BCUT2D eigenvalue weighted by molar-refractivity contribution is 0.0608. The molecule has 23 heavy (non-hydrogen) atoms. The van der Waals surface area contributed by atoms with Crippen LogP contribution in [0.3, 0.4) is 0 Å². The number of fused-ring (bicyclic) bond motifs is 1. The van der Waals surface area contributed by atoms with Crippen molar-refractivity contribution >= 4 is 0 Å². The van der Waals surface area contributed by atoms with Crippen LogP contribution in [0.1, 0.15) is 60.9 Å². The van der Waals surface area contributed by atoms with Crippen molar-refractivity contribution in [3.05, 3.63) is 28.3 Å². The Hall–Kier alpha value is -1.10. The van der Waals surface area contributed by atoms with E-state index in [2.05, 4.69) is 31.7 Å². The molecular weight excluding hydrogens is 288 g/mol. The number of aryl methyl sites for hydroxylation is 1. The average molecular weight is 318 g/mol. The molecule has 2 atom stereocenters. The van der Waals surface area contributed by atoms with Gasteiger partial charge in [0.1, 0.15) is 5.75 Å². The number of methoxy groups -OCH3 is 1. The van der Waals surface area contributed by atoms with Gasteiger partial charge in [0.05, 0.1) is 13.2 Å². The molecule has 1 fully saturated rings. The smallest absolute Gasteiger partial charge is 0.122 e. The van der Waals surface area contributed by atoms with E-state index in [9.17, 15) is 0 Å². The molecule has 2 heterocycles. The summed E-state index contributed by atoms with van der Waals surface area (Å²) in [4.78, 5) is 2.51. The summed E-state index contributed by atoms with van der Waals surface area (Å²) < 4.78 is 11.5. The van der Waals surface area contributed by atoms with Gasteiger partial charge in [-0.3, -0.25) is 4.90 Å². The van der Waals surface area contributed by atoms with Gasteiger partial charge in [0.2, 0.25) is 0 Å². The number of hydrogen-bond acceptors (Lipinski definition) is 4. The fourth-order valence-corrected chi connectivity index (χ4v) is 4.23. The lowest BCUT2D eigenvalue weighted by Gasteiger charge is -2.28. The largest absolute Gasteiger partial charge is 0.496 e. The first-order valence-corrected chi connectivity index (χ1v) is 8.82. The molecule has 3 rings (SSSR count). The number of benzene rings is 1. The minimum Gasteiger partial charge on any atom is -0.496 e. The van der Waals surface area contributed by atoms with Gasteiger partial charge in [0, 0.05) is 37.8 Å². The highest BCUT2D eigenvalue weighted by Gasteiger charge is 2.36. The van der Waals surface area contributed by atoms with Crippen LogP contribution < -0.4 is 10.5 Å². The van der Waals surface area contributed by atoms with Crippen molar-refractivity contribution in [1.29, 1.82) is 0 Å². The molecule has 4 heteroatoms. The highest BCUT2D eigenvalue weighted by atomic mass is 16.5. The summed E-state index contributed by atoms with van der Waals surface area (Å²) in [7, 11) is 1.77. The van der Waals surface area contributed by atoms with E-state index in [1.807, 2.05) is 0 Å². The van der Waals surface area contributed by atoms with E-state index in [1.54, 1.807) is 7.11 Å². The maximum absolute atomic E-state index is 6.20. The molecule has 2 unspecified atom stereocenters. The predicted molar refractivity (Wildman–Crippen MR) is 93.0 cm³/mol. The van der Waals surface area contributed by atoms with Crippen molar-refractivity contribution in [2.45, 2.75) is 58.2 Å². The van der Waals surface area contributed by atoms with Crippen LogP contribution >= 0.6 is 0 Å². The molecule has 0 aromatic heterocycles. The van der Waals surface area contributed by atoms with Crippen LogP contribution in [0.25, 0.3) is 0 Å². The summed E-state index contributed by atoms with van der Waals surface area (Å²) in [5.74, 6) is 1.43. The van der Waals surface area contributed by atoms with Crippen LogP contribution in [-0.2, 0) is 11.3 Å². The zero-order chi connectivity index (χ0) is 16.6. The second kappa shape index (κ2) is 6.80. The van der Waals surface area contributed by atoms with E-state index >= 15 is 0 Å². The monoisotopic (exact) mass is 318 g/mol. The van der Waals surface area contributed by atoms with Gasteiger partial charge in [-0.25, -0.2) is 0 Å². The first kappa shape index (κ1) is 16.7. The van der Waals surface area contributed by atoms with Crippen molar-refractivity contribution in [2.75, 3.05) is 26.8 Å². The Kier molecular flexibility index (Phi) is 4.95. The van der Waals surface area contributed by atoms with Gasteiger partial charge in [-0.15, -0.1) is 0 Å². The molecule has 0 aliphatic carbocycles. The molecule has 128 valence electrons. The third kappa shape index (κ3) is 3.00. The second-order valence-corrected chi connectivity index (χ2v) is 7.17. The molecule has 0 amide bonds. The van der Waals surface area contributed by atoms with E-state index in [0.29, 0.717) is 18.6 Å². The molecule has 0 radical (unpaired) electrons. The van der Waals surface area contributed by atoms with E-state index < -0.39 is 0 Å². The summed E-state index contributed by atoms with van der Waals surface area (Å²) in [6.45, 7) is 10.2. The first-order valence-electron chi connectivity index (χ1n) is 8.82. The van der Waals surface area contributed by atoms with Crippen LogP contribution in [0.15, 0.2) is 6.07 Å². The molecule has 4 nitrogen and oxygen atoms in total. The molecular formula is C19H30N2O2. The minimum atomic E-state index is 0.278. The Morgan fingerprint density at radius 1 is 1.43 bits per heavy atom. The summed E-state index contributed by atoms with van der Waals surface area (Å²) in [5.41, 5.74) is 11.7. The second-order valence-electron chi connectivity index (χ2n) is 7.17. The van der Waals surface area contributed by atoms with Crippen LogP contribution in [0.5, 0.6) is 5.75 Å². The van der Waals surface area contributed by atoms with Crippen molar-refractivity contribution < 1.29 is 9.47 Å². The predicted octanol–water partition coefficient (Wildman–Crippen LogP) is 3.12. The SMILES string of the molecule is COc1cc(C)c2c(c1C(C)C)C(CN)N(CC1CCCO1)C2. The molecule has 1 saturated heterocycles. The fraction of sp³-hybridized carbons (Fsp3) is 0.684. The van der Waals surface area contributed by atoms with Gasteiger partial charge >= 0.3 is 0 Å². The van der Waals surface area contributed by atoms with Gasteiger partial charge in [-0.05, 0) is 48.4 Å². The molecule has 2 N–H and O–H groups in total. The van der Waals surface area contributed by atoms with Gasteiger partial charge in [-0.2, -0.15) is 0 Å². The highest BCUT2D eigenvalue weighted by molar-refractivity contribution is 5.54. The molecule has 0 bridgehead atoms. The fourth-order valence-electron chi connectivity index (χ4n) is 4.23. The maximum atomic E-state index is 6.20. The minimum absolute atomic E-state index is 0.278. The quantitative estimate of drug-likeness (QED) is 0.906. The molecule has 0 spiro atoms. The van der Waals surface area contributed by atoms with E-state index in [-0.39, 0.29) is 6.04 Å². The third-order valence-electron chi connectivity index (χ3n) is 5.32. The summed E-state index contributed by atoms with van der Waals surface area (Å²) in [6, 6.07) is 2.47. The maximum Gasteiger partial charge on any atom is 0.122 e. The van der Waals surface area contributed by atoms with Crippen LogP contribution in [0.4, 0.5) is 0 Å². The Balaban J connectivity index is 1.99. The Morgan fingerprint density at radius 2 is 2.22 bits per heavy atom. The Labute approximate surface area is 139 Å². The van der Waals surface area contributed by atoms with Crippen molar-refractivity contribution in [3.8, 4) is 5.75 Å². The number of ether oxygens (including phenoxy) is 2. The standard InChI is InChI=1S/C19H30N2O2/c1-12(2)18-17(22-4)8-13(3)15-11-21(16(9-20)19(15)18)10-14-6-5-7-23-14/h8,12,14,16H,5-7,9-11,20H2,1-4H3. The zero-order valence-corrected chi connectivity index (χ0v) is 14.9. The Morgan fingerprint density at radius 3 is 2.78 bits per heavy atom. The number of hydrogen-bond donors (Lipinski definition) is 1. The lowest BCUT2D eigenvalue weighted by Crippen LogP contribution is -2.34. The third-order valence-corrected chi connectivity index (χ3v) is 5.32. The van der Waals surface area contributed by atoms with Crippen molar-refractivity contribution in [2.24, 2.45) is 5.73 Å². The highest BCUT2D eigenvalue weighted by Crippen LogP contribution is 2.44. The summed E-state index contributed by atoms with van der Waals surface area (Å²) >= 11 is 0. The normalized spacial score (nSPS) is 24.4. The topological polar surface area (TPSA) is 47.7 Å².